The number of aromatic nitrogens is 3. The molecular weight excluding hydrogens is 496 g/mol. The van der Waals surface area contributed by atoms with Crippen molar-refractivity contribution in [3.8, 4) is 17.0 Å². The molecule has 11 heteroatoms. The van der Waals surface area contributed by atoms with Crippen LogP contribution in [0.15, 0.2) is 34.9 Å². The van der Waals surface area contributed by atoms with E-state index < -0.39 is 12.5 Å². The van der Waals surface area contributed by atoms with Gasteiger partial charge in [0, 0.05) is 34.8 Å². The number of piperidine rings is 1. The normalized spacial score (nSPS) is 22.7. The van der Waals surface area contributed by atoms with Crippen molar-refractivity contribution >= 4 is 11.9 Å². The number of halogens is 2. The smallest absolute Gasteiger partial charge is 0.387 e. The Hall–Kier alpha value is -3.60. The van der Waals surface area contributed by atoms with Gasteiger partial charge >= 0.3 is 6.61 Å². The van der Waals surface area contributed by atoms with Gasteiger partial charge in [0.1, 0.15) is 22.9 Å². The van der Waals surface area contributed by atoms with Gasteiger partial charge in [0.05, 0.1) is 12.7 Å². The third-order valence-electron chi connectivity index (χ3n) is 7.60. The molecule has 0 spiro atoms. The van der Waals surface area contributed by atoms with Crippen LogP contribution in [0, 0.1) is 6.92 Å². The lowest BCUT2D eigenvalue weighted by molar-refractivity contribution is -0.0494. The quantitative estimate of drug-likeness (QED) is 0.426. The van der Waals surface area contributed by atoms with Gasteiger partial charge in [0.25, 0.3) is 5.91 Å². The number of aryl methyl sites for hydroxylation is 1. The molecule has 4 heterocycles. The molecule has 3 aliphatic rings. The number of ether oxygens (including phenoxy) is 2. The van der Waals surface area contributed by atoms with E-state index in [0.29, 0.717) is 22.9 Å². The Morgan fingerprint density at radius 1 is 1.16 bits per heavy atom. The molecule has 1 saturated carbocycles. The van der Waals surface area contributed by atoms with E-state index in [2.05, 4.69) is 20.0 Å². The van der Waals surface area contributed by atoms with Crippen LogP contribution in [-0.2, 0) is 11.3 Å². The van der Waals surface area contributed by atoms with Crippen molar-refractivity contribution in [1.29, 1.82) is 0 Å². The van der Waals surface area contributed by atoms with Crippen molar-refractivity contribution in [2.24, 2.45) is 5.73 Å². The van der Waals surface area contributed by atoms with Crippen LogP contribution in [0.3, 0.4) is 0 Å². The summed E-state index contributed by atoms with van der Waals surface area (Å²) >= 11 is 0. The molecule has 200 valence electrons. The Morgan fingerprint density at radius 2 is 1.89 bits per heavy atom. The second-order valence-corrected chi connectivity index (χ2v) is 10.3. The molecule has 2 aromatic heterocycles. The lowest BCUT2D eigenvalue weighted by atomic mass is 9.99. The Bertz CT molecular complexity index is 1330. The van der Waals surface area contributed by atoms with Crippen molar-refractivity contribution in [2.45, 2.75) is 82.8 Å². The van der Waals surface area contributed by atoms with Gasteiger partial charge in [-0.05, 0) is 63.6 Å². The van der Waals surface area contributed by atoms with Gasteiger partial charge in [-0.1, -0.05) is 17.3 Å². The molecule has 38 heavy (non-hydrogen) atoms. The number of fused-ring (bicyclic) bond motifs is 2. The number of primary amides is 1. The van der Waals surface area contributed by atoms with Crippen LogP contribution in [0.4, 0.5) is 14.7 Å². The molecule has 9 nitrogen and oxygen atoms in total. The van der Waals surface area contributed by atoms with Gasteiger partial charge in [-0.25, -0.2) is 9.97 Å². The van der Waals surface area contributed by atoms with Gasteiger partial charge in [0.15, 0.2) is 0 Å². The van der Waals surface area contributed by atoms with Crippen LogP contribution >= 0.6 is 0 Å². The van der Waals surface area contributed by atoms with E-state index >= 15 is 0 Å². The summed E-state index contributed by atoms with van der Waals surface area (Å²) in [4.78, 5) is 23.0. The third-order valence-corrected chi connectivity index (χ3v) is 7.60. The van der Waals surface area contributed by atoms with Gasteiger partial charge in [-0.3, -0.25) is 4.79 Å². The molecule has 3 atom stereocenters. The summed E-state index contributed by atoms with van der Waals surface area (Å²) < 4.78 is 43.0. The molecule has 3 fully saturated rings. The van der Waals surface area contributed by atoms with Crippen molar-refractivity contribution in [3.05, 3.63) is 53.0 Å². The number of amides is 1. The highest BCUT2D eigenvalue weighted by atomic mass is 19.3. The van der Waals surface area contributed by atoms with E-state index in [0.717, 1.165) is 49.8 Å². The van der Waals surface area contributed by atoms with Crippen molar-refractivity contribution < 1.29 is 27.6 Å². The average molecular weight is 526 g/mol. The highest BCUT2D eigenvalue weighted by molar-refractivity contribution is 5.91. The molecule has 0 radical (unpaired) electrons. The number of para-hydroxylation sites is 1. The first kappa shape index (κ1) is 24.7. The fourth-order valence-corrected chi connectivity index (χ4v) is 5.79. The number of alkyl halides is 2. The number of hydrogen-bond acceptors (Lipinski definition) is 8. The maximum atomic E-state index is 13.0. The summed E-state index contributed by atoms with van der Waals surface area (Å²) in [6.07, 6.45) is 5.53. The molecule has 2 aliphatic heterocycles. The summed E-state index contributed by atoms with van der Waals surface area (Å²) in [5.41, 5.74) is 8.12. The minimum absolute atomic E-state index is 0.00784. The fourth-order valence-electron chi connectivity index (χ4n) is 5.79. The number of benzene rings is 1. The SMILES string of the molecule is Cc1cc(C(N)=O)nc(N2[C@@H]3CC[C@H]2C[C@H](OCc2c(-c4ccccc4OC(F)F)noc2C2CC2)C3)n1. The maximum absolute atomic E-state index is 13.0. The van der Waals surface area contributed by atoms with E-state index in [1.807, 2.05) is 6.92 Å². The highest BCUT2D eigenvalue weighted by Gasteiger charge is 2.43. The molecule has 1 aromatic carbocycles. The summed E-state index contributed by atoms with van der Waals surface area (Å²) in [7, 11) is 0. The number of rotatable bonds is 9. The van der Waals surface area contributed by atoms with Crippen LogP contribution in [0.2, 0.25) is 0 Å². The standard InChI is InChI=1S/C27H29F2N5O4/c1-14-10-21(25(30)35)32-27(31-14)34-16-8-9-17(34)12-18(11-16)36-13-20-23(33-38-24(20)15-6-7-15)19-4-2-3-5-22(19)37-26(28)29/h2-5,10,15-18,26H,6-9,11-13H2,1H3,(H2,30,35)/t16-,17+,18-. The summed E-state index contributed by atoms with van der Waals surface area (Å²) in [5, 5.41) is 4.26. The first-order chi connectivity index (χ1) is 18.4. The van der Waals surface area contributed by atoms with E-state index in [9.17, 15) is 13.6 Å². The van der Waals surface area contributed by atoms with Crippen LogP contribution < -0.4 is 15.4 Å². The van der Waals surface area contributed by atoms with Gasteiger partial charge in [-0.2, -0.15) is 8.78 Å². The molecule has 1 aliphatic carbocycles. The summed E-state index contributed by atoms with van der Waals surface area (Å²) in [5.74, 6) is 1.06. The van der Waals surface area contributed by atoms with E-state index in [4.69, 9.17) is 19.7 Å². The zero-order valence-electron chi connectivity index (χ0n) is 21.0. The minimum atomic E-state index is -2.94. The van der Waals surface area contributed by atoms with Crippen LogP contribution in [0.25, 0.3) is 11.3 Å². The fraction of sp³-hybridized carbons (Fsp3) is 0.481. The largest absolute Gasteiger partial charge is 0.434 e. The molecular formula is C27H29F2N5O4. The zero-order chi connectivity index (χ0) is 26.4. The molecule has 2 bridgehead atoms. The molecule has 1 amide bonds. The number of carbonyl (C=O) groups excluding carboxylic acids is 1. The molecule has 2 N–H and O–H groups in total. The first-order valence-corrected chi connectivity index (χ1v) is 13.0. The maximum Gasteiger partial charge on any atom is 0.387 e. The van der Waals surface area contributed by atoms with Crippen LogP contribution in [-0.4, -0.2) is 45.8 Å². The number of nitrogens with zero attached hydrogens (tertiary/aromatic N) is 4. The van der Waals surface area contributed by atoms with Gasteiger partial charge in [0.2, 0.25) is 5.95 Å². The Balaban J connectivity index is 1.21. The third kappa shape index (κ3) is 4.82. The van der Waals surface area contributed by atoms with Gasteiger partial charge < -0.3 is 24.6 Å². The number of hydrogen-bond donors (Lipinski definition) is 1. The second-order valence-electron chi connectivity index (χ2n) is 10.3. The number of anilines is 1. The zero-order valence-corrected chi connectivity index (χ0v) is 21.0. The van der Waals surface area contributed by atoms with Crippen LogP contribution in [0.1, 0.15) is 71.9 Å². The Labute approximate surface area is 218 Å². The van der Waals surface area contributed by atoms with E-state index in [-0.39, 0.29) is 42.2 Å². The monoisotopic (exact) mass is 525 g/mol. The lowest BCUT2D eigenvalue weighted by Crippen LogP contribution is -2.46. The van der Waals surface area contributed by atoms with Gasteiger partial charge in [-0.15, -0.1) is 0 Å². The van der Waals surface area contributed by atoms with Crippen molar-refractivity contribution in [3.63, 3.8) is 0 Å². The molecule has 2 saturated heterocycles. The van der Waals surface area contributed by atoms with E-state index in [1.54, 1.807) is 24.3 Å². The second kappa shape index (κ2) is 9.94. The van der Waals surface area contributed by atoms with Crippen molar-refractivity contribution in [1.82, 2.24) is 15.1 Å². The summed E-state index contributed by atoms with van der Waals surface area (Å²) in [6.45, 7) is -0.846. The number of carbonyl (C=O) groups is 1. The average Bonchev–Trinajstić information content (AvgIpc) is 3.58. The van der Waals surface area contributed by atoms with Crippen LogP contribution in [0.5, 0.6) is 5.75 Å². The Kier molecular flexibility index (Phi) is 6.46. The molecule has 3 aromatic rings. The topological polar surface area (TPSA) is 117 Å². The highest BCUT2D eigenvalue weighted by Crippen LogP contribution is 2.46. The lowest BCUT2D eigenvalue weighted by Gasteiger charge is -2.39. The summed E-state index contributed by atoms with van der Waals surface area (Å²) in [6, 6.07) is 8.58. The predicted octanol–water partition coefficient (Wildman–Crippen LogP) is 4.73. The first-order valence-electron chi connectivity index (χ1n) is 13.0. The van der Waals surface area contributed by atoms with Crippen molar-refractivity contribution in [2.75, 3.05) is 4.90 Å². The predicted molar refractivity (Wildman–Crippen MR) is 133 cm³/mol. The minimum Gasteiger partial charge on any atom is -0.434 e. The van der Waals surface area contributed by atoms with E-state index in [1.165, 1.54) is 6.07 Å². The number of nitrogens with two attached hydrogens (primary N) is 1. The Morgan fingerprint density at radius 3 is 2.58 bits per heavy atom. The molecule has 0 unspecified atom stereocenters. The molecule has 6 rings (SSSR count).